The van der Waals surface area contributed by atoms with Gasteiger partial charge >= 0.3 is 0 Å². The van der Waals surface area contributed by atoms with Gasteiger partial charge in [0, 0.05) is 37.9 Å². The minimum Gasteiger partial charge on any atom is -0.349 e. The smallest absolute Gasteiger partial charge is 0.228 e. The van der Waals surface area contributed by atoms with Crippen molar-refractivity contribution < 1.29 is 9.59 Å². The molecule has 2 aromatic carbocycles. The van der Waals surface area contributed by atoms with Gasteiger partial charge in [0.25, 0.3) is 0 Å². The number of benzene rings is 2. The molecule has 1 unspecified atom stereocenters. The maximum absolute atomic E-state index is 12.7. The number of nitrogens with one attached hydrogen (secondary N) is 2. The number of aromatic nitrogens is 1. The molecular weight excluding hydrogens is 408 g/mol. The monoisotopic (exact) mass is 434 g/mol. The largest absolute Gasteiger partial charge is 0.349 e. The lowest BCUT2D eigenvalue weighted by atomic mass is 10.0. The summed E-state index contributed by atoms with van der Waals surface area (Å²) in [4.78, 5) is 32.6. The van der Waals surface area contributed by atoms with Crippen LogP contribution in [-0.4, -0.2) is 28.2 Å². The molecule has 7 heteroatoms. The van der Waals surface area contributed by atoms with Gasteiger partial charge in [0.1, 0.15) is 0 Å². The molecule has 0 spiro atoms. The van der Waals surface area contributed by atoms with Gasteiger partial charge < -0.3 is 10.6 Å². The normalized spacial score (nSPS) is 14.5. The van der Waals surface area contributed by atoms with Crippen LogP contribution >= 0.6 is 11.3 Å². The van der Waals surface area contributed by atoms with Crippen molar-refractivity contribution in [1.82, 2.24) is 15.2 Å². The van der Waals surface area contributed by atoms with Crippen LogP contribution in [0.2, 0.25) is 0 Å². The number of amides is 2. The summed E-state index contributed by atoms with van der Waals surface area (Å²) >= 11 is 1.54. The first-order valence-electron chi connectivity index (χ1n) is 10.4. The number of carbonyl (C=O) groups excluding carboxylic acids is 2. The second-order valence-corrected chi connectivity index (χ2v) is 8.83. The Morgan fingerprint density at radius 1 is 1.10 bits per heavy atom. The number of anilines is 1. The first-order chi connectivity index (χ1) is 15.1. The number of nitrogens with zero attached hydrogens (tertiary/aromatic N) is 2. The highest BCUT2D eigenvalue weighted by atomic mass is 32.1. The van der Waals surface area contributed by atoms with E-state index in [1.54, 1.807) is 11.3 Å². The summed E-state index contributed by atoms with van der Waals surface area (Å²) < 4.78 is 0. The highest BCUT2D eigenvalue weighted by Gasteiger charge is 2.23. The Balaban J connectivity index is 1.38. The molecule has 6 nitrogen and oxygen atoms in total. The molecule has 1 aliphatic rings. The fourth-order valence-corrected chi connectivity index (χ4v) is 4.88. The van der Waals surface area contributed by atoms with Crippen molar-refractivity contribution >= 4 is 28.3 Å². The van der Waals surface area contributed by atoms with Crippen LogP contribution in [0.15, 0.2) is 60.7 Å². The Labute approximate surface area is 186 Å². The molecule has 0 bridgehead atoms. The lowest BCUT2D eigenvalue weighted by Gasteiger charge is -2.25. The summed E-state index contributed by atoms with van der Waals surface area (Å²) in [6, 6.07) is 19.6. The van der Waals surface area contributed by atoms with E-state index in [1.807, 2.05) is 36.4 Å². The molecule has 1 atom stereocenters. The van der Waals surface area contributed by atoms with Gasteiger partial charge in [-0.3, -0.25) is 14.5 Å². The molecule has 3 aromatic rings. The van der Waals surface area contributed by atoms with Crippen LogP contribution in [0.4, 0.5) is 5.13 Å². The Morgan fingerprint density at radius 2 is 1.81 bits per heavy atom. The fourth-order valence-electron chi connectivity index (χ4n) is 3.82. The first kappa shape index (κ1) is 21.2. The van der Waals surface area contributed by atoms with Crippen LogP contribution < -0.4 is 10.6 Å². The Hall–Kier alpha value is -3.03. The second kappa shape index (κ2) is 9.85. The van der Waals surface area contributed by atoms with Gasteiger partial charge in [-0.1, -0.05) is 60.7 Å². The number of fused-ring (bicyclic) bond motifs is 1. The van der Waals surface area contributed by atoms with E-state index in [2.05, 4.69) is 44.8 Å². The number of rotatable bonds is 7. The van der Waals surface area contributed by atoms with E-state index < -0.39 is 0 Å². The van der Waals surface area contributed by atoms with Crippen molar-refractivity contribution in [2.45, 2.75) is 38.9 Å². The Bertz CT molecular complexity index is 1040. The van der Waals surface area contributed by atoms with Crippen LogP contribution in [0.5, 0.6) is 0 Å². The summed E-state index contributed by atoms with van der Waals surface area (Å²) in [6.45, 7) is 4.17. The molecule has 0 saturated carbocycles. The van der Waals surface area contributed by atoms with Crippen molar-refractivity contribution in [3.05, 3.63) is 82.4 Å². The predicted octanol–water partition coefficient (Wildman–Crippen LogP) is 3.91. The third-order valence-corrected chi connectivity index (χ3v) is 6.27. The number of hydrogen-bond acceptors (Lipinski definition) is 5. The third kappa shape index (κ3) is 5.77. The number of hydrogen-bond donors (Lipinski definition) is 2. The minimum absolute atomic E-state index is 0.158. The van der Waals surface area contributed by atoms with E-state index in [0.29, 0.717) is 5.13 Å². The fraction of sp³-hybridized carbons (Fsp3) is 0.292. The van der Waals surface area contributed by atoms with Crippen LogP contribution in [0.1, 0.15) is 41.1 Å². The second-order valence-electron chi connectivity index (χ2n) is 7.75. The lowest BCUT2D eigenvalue weighted by molar-refractivity contribution is -0.120. The van der Waals surface area contributed by atoms with Crippen molar-refractivity contribution in [2.24, 2.45) is 0 Å². The summed E-state index contributed by atoms with van der Waals surface area (Å²) in [5.41, 5.74) is 3.28. The third-order valence-electron chi connectivity index (χ3n) is 5.27. The molecule has 1 aromatic heterocycles. The average molecular weight is 435 g/mol. The predicted molar refractivity (Wildman–Crippen MR) is 123 cm³/mol. The molecule has 0 radical (unpaired) electrons. The van der Waals surface area contributed by atoms with E-state index in [0.717, 1.165) is 37.3 Å². The first-order valence-corrected chi connectivity index (χ1v) is 11.3. The van der Waals surface area contributed by atoms with E-state index >= 15 is 0 Å². The van der Waals surface area contributed by atoms with Gasteiger partial charge in [0.15, 0.2) is 5.13 Å². The van der Waals surface area contributed by atoms with Crippen LogP contribution in [0, 0.1) is 0 Å². The van der Waals surface area contributed by atoms with Crippen molar-refractivity contribution in [3.8, 4) is 0 Å². The standard InChI is InChI=1S/C24H26N4O2S/c1-17(29)25-21(19-10-6-3-7-11-19)14-23(30)27-24-26-20-12-13-28(16-22(20)31-24)15-18-8-4-2-5-9-18/h2-11,21H,12-16H2,1H3,(H,25,29)(H,26,27,30). The highest BCUT2D eigenvalue weighted by molar-refractivity contribution is 7.15. The molecule has 2 amide bonds. The molecule has 160 valence electrons. The molecule has 31 heavy (non-hydrogen) atoms. The van der Waals surface area contributed by atoms with E-state index in [-0.39, 0.29) is 24.3 Å². The van der Waals surface area contributed by atoms with Crippen LogP contribution in [-0.2, 0) is 29.1 Å². The summed E-state index contributed by atoms with van der Waals surface area (Å²) in [5.74, 6) is -0.320. The SMILES string of the molecule is CC(=O)NC(CC(=O)Nc1nc2c(s1)CN(Cc1ccccc1)CC2)c1ccccc1. The topological polar surface area (TPSA) is 74.3 Å². The van der Waals surface area contributed by atoms with Gasteiger partial charge in [0.2, 0.25) is 11.8 Å². The Morgan fingerprint density at radius 3 is 2.52 bits per heavy atom. The zero-order chi connectivity index (χ0) is 21.6. The van der Waals surface area contributed by atoms with Crippen molar-refractivity contribution in [3.63, 3.8) is 0 Å². The zero-order valence-electron chi connectivity index (χ0n) is 17.5. The molecule has 2 heterocycles. The van der Waals surface area contributed by atoms with E-state index in [4.69, 9.17) is 0 Å². The maximum Gasteiger partial charge on any atom is 0.228 e. The quantitative estimate of drug-likeness (QED) is 0.591. The molecule has 4 rings (SSSR count). The zero-order valence-corrected chi connectivity index (χ0v) is 18.3. The molecule has 0 fully saturated rings. The van der Waals surface area contributed by atoms with E-state index in [9.17, 15) is 9.59 Å². The Kier molecular flexibility index (Phi) is 6.74. The summed E-state index contributed by atoms with van der Waals surface area (Å²) in [6.07, 6.45) is 1.04. The molecule has 1 aliphatic heterocycles. The van der Waals surface area contributed by atoms with Crippen LogP contribution in [0.3, 0.4) is 0 Å². The van der Waals surface area contributed by atoms with Crippen LogP contribution in [0.25, 0.3) is 0 Å². The highest BCUT2D eigenvalue weighted by Crippen LogP contribution is 2.29. The van der Waals surface area contributed by atoms with Gasteiger partial charge in [-0.05, 0) is 11.1 Å². The van der Waals surface area contributed by atoms with Crippen molar-refractivity contribution in [2.75, 3.05) is 11.9 Å². The van der Waals surface area contributed by atoms with Crippen molar-refractivity contribution in [1.29, 1.82) is 0 Å². The molecule has 0 saturated heterocycles. The summed E-state index contributed by atoms with van der Waals surface area (Å²) in [7, 11) is 0. The lowest BCUT2D eigenvalue weighted by Crippen LogP contribution is -2.29. The van der Waals surface area contributed by atoms with Gasteiger partial charge in [-0.15, -0.1) is 11.3 Å². The minimum atomic E-state index is -0.366. The molecule has 2 N–H and O–H groups in total. The number of thiazole rings is 1. The maximum atomic E-state index is 12.7. The van der Waals surface area contributed by atoms with Gasteiger partial charge in [-0.25, -0.2) is 4.98 Å². The van der Waals surface area contributed by atoms with Gasteiger partial charge in [0.05, 0.1) is 18.2 Å². The number of carbonyl (C=O) groups is 2. The summed E-state index contributed by atoms with van der Waals surface area (Å²) in [5, 5.41) is 6.43. The molecular formula is C24H26N4O2S. The van der Waals surface area contributed by atoms with E-state index in [1.165, 1.54) is 17.4 Å². The van der Waals surface area contributed by atoms with Gasteiger partial charge in [-0.2, -0.15) is 0 Å². The molecule has 0 aliphatic carbocycles. The average Bonchev–Trinajstić information content (AvgIpc) is 3.15.